The van der Waals surface area contributed by atoms with Gasteiger partial charge in [0.2, 0.25) is 17.6 Å². The van der Waals surface area contributed by atoms with Crippen LogP contribution < -0.4 is 21.7 Å². The molecule has 10 nitrogen and oxygen atoms in total. The summed E-state index contributed by atoms with van der Waals surface area (Å²) < 4.78 is 0. The second-order valence-corrected chi connectivity index (χ2v) is 13.1. The summed E-state index contributed by atoms with van der Waals surface area (Å²) in [5.41, 5.74) is 4.16. The van der Waals surface area contributed by atoms with Gasteiger partial charge in [-0.15, -0.1) is 0 Å². The Morgan fingerprint density at radius 1 is 0.946 bits per heavy atom. The number of likely N-dealkylation sites (tertiary alicyclic amines) is 1. The predicted molar refractivity (Wildman–Crippen MR) is 141 cm³/mol. The van der Waals surface area contributed by atoms with Crippen molar-refractivity contribution in [3.63, 3.8) is 0 Å². The fraction of sp³-hybridized carbons (Fsp3) is 0.815. The molecule has 3 unspecified atom stereocenters. The largest absolute Gasteiger partial charge is 0.363 e. The molecule has 1 saturated heterocycles. The van der Waals surface area contributed by atoms with Crippen LogP contribution in [0.3, 0.4) is 0 Å². The van der Waals surface area contributed by atoms with Gasteiger partial charge in [0.25, 0.3) is 5.91 Å². The molecule has 0 spiro atoms. The summed E-state index contributed by atoms with van der Waals surface area (Å²) in [7, 11) is 0. The Kier molecular flexibility index (Phi) is 9.76. The third kappa shape index (κ3) is 8.17. The molecule has 10 heteroatoms. The quantitative estimate of drug-likeness (QED) is 0.343. The maximum absolute atomic E-state index is 13.9. The smallest absolute Gasteiger partial charge is 0.315 e. The average Bonchev–Trinajstić information content (AvgIpc) is 3.16. The van der Waals surface area contributed by atoms with Gasteiger partial charge in [0, 0.05) is 12.1 Å². The molecule has 2 aliphatic rings. The van der Waals surface area contributed by atoms with Gasteiger partial charge in [0.05, 0.1) is 6.04 Å². The van der Waals surface area contributed by atoms with Crippen molar-refractivity contribution < 1.29 is 24.0 Å². The monoisotopic (exact) mass is 521 g/mol. The zero-order valence-electron chi connectivity index (χ0n) is 23.8. The minimum atomic E-state index is -1.08. The number of hydrogen-bond acceptors (Lipinski definition) is 5. The molecule has 0 radical (unpaired) electrons. The second kappa shape index (κ2) is 11.8. The van der Waals surface area contributed by atoms with Crippen molar-refractivity contribution in [2.75, 3.05) is 6.54 Å². The van der Waals surface area contributed by atoms with E-state index in [0.717, 1.165) is 19.3 Å². The Morgan fingerprint density at radius 2 is 1.54 bits per heavy atom. The number of nitrogens with zero attached hydrogens (tertiary/aromatic N) is 1. The first-order chi connectivity index (χ1) is 16.9. The molecule has 2 rings (SSSR count). The summed E-state index contributed by atoms with van der Waals surface area (Å²) in [4.78, 5) is 66.0. The molecule has 5 N–H and O–H groups in total. The third-order valence-electron chi connectivity index (χ3n) is 7.40. The molecule has 37 heavy (non-hydrogen) atoms. The van der Waals surface area contributed by atoms with Gasteiger partial charge in [-0.05, 0) is 56.8 Å². The molecule has 5 amide bonds. The van der Waals surface area contributed by atoms with E-state index < -0.39 is 52.7 Å². The molecule has 2 fully saturated rings. The number of Topliss-reactive ketones (excluding diaryl/α,β-unsaturated/α-hetero) is 1. The van der Waals surface area contributed by atoms with Crippen LogP contribution in [0.15, 0.2) is 0 Å². The van der Waals surface area contributed by atoms with E-state index in [2.05, 4.69) is 16.0 Å². The van der Waals surface area contributed by atoms with Crippen molar-refractivity contribution >= 4 is 29.5 Å². The zero-order valence-corrected chi connectivity index (χ0v) is 23.8. The van der Waals surface area contributed by atoms with Crippen LogP contribution in [-0.4, -0.2) is 64.6 Å². The number of nitrogens with two attached hydrogens (primary N) is 1. The van der Waals surface area contributed by atoms with Gasteiger partial charge < -0.3 is 26.6 Å². The van der Waals surface area contributed by atoms with Gasteiger partial charge in [-0.3, -0.25) is 19.2 Å². The fourth-order valence-corrected chi connectivity index (χ4v) is 5.14. The molecule has 1 heterocycles. The van der Waals surface area contributed by atoms with Gasteiger partial charge in [0.15, 0.2) is 0 Å². The van der Waals surface area contributed by atoms with Gasteiger partial charge in [-0.25, -0.2) is 4.79 Å². The molecule has 210 valence electrons. The summed E-state index contributed by atoms with van der Waals surface area (Å²) in [5.74, 6) is -2.49. The third-order valence-corrected chi connectivity index (χ3v) is 7.40. The number of urea groups is 1. The van der Waals surface area contributed by atoms with E-state index in [1.165, 1.54) is 4.90 Å². The molecule has 0 aromatic rings. The van der Waals surface area contributed by atoms with Crippen molar-refractivity contribution in [2.45, 2.75) is 111 Å². The highest BCUT2D eigenvalue weighted by Gasteiger charge is 2.48. The van der Waals surface area contributed by atoms with E-state index in [1.54, 1.807) is 0 Å². The van der Waals surface area contributed by atoms with E-state index >= 15 is 0 Å². The van der Waals surface area contributed by atoms with Crippen LogP contribution in [-0.2, 0) is 19.2 Å². The molecule has 0 aromatic heterocycles. The van der Waals surface area contributed by atoms with Crippen LogP contribution in [0.5, 0.6) is 0 Å². The molecule has 0 aromatic carbocycles. The maximum Gasteiger partial charge on any atom is 0.315 e. The number of rotatable bonds is 9. The van der Waals surface area contributed by atoms with Crippen molar-refractivity contribution in [3.05, 3.63) is 0 Å². The lowest BCUT2D eigenvalue weighted by Gasteiger charge is -2.37. The number of nitrogens with one attached hydrogen (secondary N) is 3. The van der Waals surface area contributed by atoms with Crippen molar-refractivity contribution in [2.24, 2.45) is 28.9 Å². The van der Waals surface area contributed by atoms with Gasteiger partial charge in [-0.1, -0.05) is 53.9 Å². The minimum absolute atomic E-state index is 0.0932. The van der Waals surface area contributed by atoms with Crippen LogP contribution in [0.25, 0.3) is 0 Å². The topological polar surface area (TPSA) is 151 Å². The molecule has 1 saturated carbocycles. The number of ketones is 1. The van der Waals surface area contributed by atoms with Crippen LogP contribution in [0.1, 0.15) is 87.5 Å². The van der Waals surface area contributed by atoms with Gasteiger partial charge in [-0.2, -0.15) is 0 Å². The Balaban J connectivity index is 2.31. The van der Waals surface area contributed by atoms with Crippen molar-refractivity contribution in [1.82, 2.24) is 20.9 Å². The van der Waals surface area contributed by atoms with Crippen LogP contribution >= 0.6 is 0 Å². The Labute approximate surface area is 221 Å². The SMILES string of the molecule is CC(C)C1CCN(C(=O)[C@@H](NC(=O)NC(C)(C)C)C(C)(C)C)C1C(=O)NC(CC1CCC1)C(=O)C(N)=O. The fourth-order valence-electron chi connectivity index (χ4n) is 5.14. The van der Waals surface area contributed by atoms with E-state index in [-0.39, 0.29) is 23.7 Å². The summed E-state index contributed by atoms with van der Waals surface area (Å²) in [6.07, 6.45) is 3.91. The van der Waals surface area contributed by atoms with Crippen LogP contribution in [0.4, 0.5) is 4.79 Å². The maximum atomic E-state index is 13.9. The highest BCUT2D eigenvalue weighted by atomic mass is 16.2. The summed E-state index contributed by atoms with van der Waals surface area (Å²) in [6, 6.07) is -3.17. The standard InChI is InChI=1S/C27H47N5O5/c1-15(2)17-12-13-32(24(36)21(26(3,4)5)30-25(37)31-27(6,7)8)19(17)23(35)29-18(20(33)22(28)34)14-16-10-9-11-16/h15-19,21H,9-14H2,1-8H3,(H2,28,34)(H,29,35)(H2,30,31,37)/t17?,18?,19?,21-/m1/s1. The molecular formula is C27H47N5O5. The first-order valence-corrected chi connectivity index (χ1v) is 13.5. The number of carbonyl (C=O) groups is 5. The second-order valence-electron chi connectivity index (χ2n) is 13.1. The van der Waals surface area contributed by atoms with Gasteiger partial charge in [0.1, 0.15) is 12.1 Å². The van der Waals surface area contributed by atoms with E-state index in [0.29, 0.717) is 19.4 Å². The predicted octanol–water partition coefficient (Wildman–Crippen LogP) is 2.10. The van der Waals surface area contributed by atoms with E-state index in [1.807, 2.05) is 55.4 Å². The highest BCUT2D eigenvalue weighted by molar-refractivity contribution is 6.37. The first kappa shape index (κ1) is 30.6. The molecule has 1 aliphatic carbocycles. The van der Waals surface area contributed by atoms with E-state index in [9.17, 15) is 24.0 Å². The first-order valence-electron chi connectivity index (χ1n) is 13.5. The number of amides is 5. The average molecular weight is 522 g/mol. The lowest BCUT2D eigenvalue weighted by molar-refractivity contribution is -0.144. The molecule has 0 bridgehead atoms. The molecule has 1 aliphatic heterocycles. The number of hydrogen-bond donors (Lipinski definition) is 4. The lowest BCUT2D eigenvalue weighted by atomic mass is 9.80. The number of primary amides is 1. The summed E-state index contributed by atoms with van der Waals surface area (Å²) in [6.45, 7) is 15.5. The number of carbonyl (C=O) groups excluding carboxylic acids is 5. The zero-order chi connectivity index (χ0) is 28.3. The van der Waals surface area contributed by atoms with Crippen molar-refractivity contribution in [3.8, 4) is 0 Å². The normalized spacial score (nSPS) is 22.1. The molecular weight excluding hydrogens is 474 g/mol. The van der Waals surface area contributed by atoms with Crippen LogP contribution in [0.2, 0.25) is 0 Å². The Bertz CT molecular complexity index is 885. The Morgan fingerprint density at radius 3 is 1.97 bits per heavy atom. The summed E-state index contributed by atoms with van der Waals surface area (Å²) in [5, 5.41) is 8.42. The Hall–Kier alpha value is -2.65. The van der Waals surface area contributed by atoms with Gasteiger partial charge >= 0.3 is 6.03 Å². The van der Waals surface area contributed by atoms with E-state index in [4.69, 9.17) is 5.73 Å². The highest BCUT2D eigenvalue weighted by Crippen LogP contribution is 2.34. The van der Waals surface area contributed by atoms with Crippen LogP contribution in [0, 0.1) is 23.2 Å². The van der Waals surface area contributed by atoms with Crippen molar-refractivity contribution in [1.29, 1.82) is 0 Å². The summed E-state index contributed by atoms with van der Waals surface area (Å²) >= 11 is 0. The molecule has 4 atom stereocenters. The lowest BCUT2D eigenvalue weighted by Crippen LogP contribution is -2.62. The minimum Gasteiger partial charge on any atom is -0.363 e.